The van der Waals surface area contributed by atoms with Crippen LogP contribution in [0.1, 0.15) is 32.6 Å². The summed E-state index contributed by atoms with van der Waals surface area (Å²) < 4.78 is 10.8. The summed E-state index contributed by atoms with van der Waals surface area (Å²) in [7, 11) is 1.73. The number of methoxy groups -OCH3 is 1. The van der Waals surface area contributed by atoms with Crippen LogP contribution in [0.25, 0.3) is 0 Å². The fourth-order valence-corrected chi connectivity index (χ4v) is 1.97. The Hall–Kier alpha value is -0.580. The van der Waals surface area contributed by atoms with Gasteiger partial charge in [-0.25, -0.2) is 0 Å². The maximum absolute atomic E-state index is 5.58. The van der Waals surface area contributed by atoms with Crippen molar-refractivity contribution in [1.82, 2.24) is 5.43 Å². The van der Waals surface area contributed by atoms with Crippen molar-refractivity contribution in [2.45, 2.75) is 44.8 Å². The minimum atomic E-state index is 0.0789. The molecule has 1 aliphatic rings. The van der Waals surface area contributed by atoms with Crippen molar-refractivity contribution in [3.63, 3.8) is 0 Å². The molecule has 1 rings (SSSR count). The Morgan fingerprint density at radius 3 is 2.93 bits per heavy atom. The van der Waals surface area contributed by atoms with Crippen LogP contribution in [-0.4, -0.2) is 25.9 Å². The molecule has 0 aromatic rings. The zero-order valence-electron chi connectivity index (χ0n) is 9.66. The second-order valence-corrected chi connectivity index (χ2v) is 3.87. The van der Waals surface area contributed by atoms with Gasteiger partial charge in [0.25, 0.3) is 0 Å². The summed E-state index contributed by atoms with van der Waals surface area (Å²) in [5.74, 6) is 5.58. The maximum atomic E-state index is 5.58. The zero-order chi connectivity index (χ0) is 11.1. The van der Waals surface area contributed by atoms with Crippen molar-refractivity contribution in [2.24, 2.45) is 5.84 Å². The first kappa shape index (κ1) is 12.5. The Kier molecular flexibility index (Phi) is 5.68. The van der Waals surface area contributed by atoms with E-state index in [0.717, 1.165) is 32.3 Å². The van der Waals surface area contributed by atoms with Crippen molar-refractivity contribution in [3.8, 4) is 0 Å². The predicted molar refractivity (Wildman–Crippen MR) is 60.1 cm³/mol. The molecular weight excluding hydrogens is 192 g/mol. The molecule has 15 heavy (non-hydrogen) atoms. The quantitative estimate of drug-likeness (QED) is 0.517. The van der Waals surface area contributed by atoms with E-state index in [1.54, 1.807) is 7.11 Å². The van der Waals surface area contributed by atoms with E-state index in [-0.39, 0.29) is 12.1 Å². The first-order chi connectivity index (χ1) is 7.33. The van der Waals surface area contributed by atoms with E-state index in [9.17, 15) is 0 Å². The van der Waals surface area contributed by atoms with Gasteiger partial charge in [-0.15, -0.1) is 0 Å². The molecule has 88 valence electrons. The third kappa shape index (κ3) is 3.48. The van der Waals surface area contributed by atoms with E-state index >= 15 is 0 Å². The Balaban J connectivity index is 2.62. The molecular formula is C11H22N2O2. The van der Waals surface area contributed by atoms with Gasteiger partial charge in [-0.1, -0.05) is 13.3 Å². The molecule has 0 spiro atoms. The standard InChI is InChI=1S/C11H22N2O2/c1-3-5-10(14-2)11(13-12)9-6-4-7-15-8-9/h8,10-11,13H,3-7,12H2,1-2H3. The summed E-state index contributed by atoms with van der Waals surface area (Å²) in [5, 5.41) is 0. The molecule has 0 aromatic carbocycles. The minimum absolute atomic E-state index is 0.0789. The maximum Gasteiger partial charge on any atom is 0.0876 e. The highest BCUT2D eigenvalue weighted by Gasteiger charge is 2.24. The number of nitrogens with two attached hydrogens (primary N) is 1. The molecule has 0 aromatic heterocycles. The summed E-state index contributed by atoms with van der Waals surface area (Å²) in [5.41, 5.74) is 4.05. The van der Waals surface area contributed by atoms with Crippen LogP contribution in [0.15, 0.2) is 11.8 Å². The number of hydrazine groups is 1. The number of nitrogens with one attached hydrogen (secondary N) is 1. The lowest BCUT2D eigenvalue weighted by Gasteiger charge is -2.29. The highest BCUT2D eigenvalue weighted by molar-refractivity contribution is 5.12. The lowest BCUT2D eigenvalue weighted by atomic mass is 9.95. The van der Waals surface area contributed by atoms with Gasteiger partial charge < -0.3 is 9.47 Å². The van der Waals surface area contributed by atoms with E-state index in [2.05, 4.69) is 12.3 Å². The third-order valence-electron chi connectivity index (χ3n) is 2.79. The second kappa shape index (κ2) is 6.82. The number of hydrogen-bond donors (Lipinski definition) is 2. The molecule has 0 bridgehead atoms. The van der Waals surface area contributed by atoms with Crippen LogP contribution < -0.4 is 11.3 Å². The first-order valence-electron chi connectivity index (χ1n) is 5.63. The van der Waals surface area contributed by atoms with Gasteiger partial charge in [0.05, 0.1) is 25.0 Å². The summed E-state index contributed by atoms with van der Waals surface area (Å²) in [4.78, 5) is 0. The van der Waals surface area contributed by atoms with Gasteiger partial charge in [-0.05, 0) is 24.8 Å². The SMILES string of the molecule is CCCC(OC)C(NN)C1=COCCC1. The van der Waals surface area contributed by atoms with E-state index < -0.39 is 0 Å². The number of ether oxygens (including phenoxy) is 2. The van der Waals surface area contributed by atoms with Crippen molar-refractivity contribution >= 4 is 0 Å². The van der Waals surface area contributed by atoms with Gasteiger partial charge >= 0.3 is 0 Å². The van der Waals surface area contributed by atoms with E-state index in [0.29, 0.717) is 0 Å². The molecule has 0 amide bonds. The molecule has 4 heteroatoms. The predicted octanol–water partition coefficient (Wildman–Crippen LogP) is 1.33. The molecule has 1 aliphatic heterocycles. The number of rotatable bonds is 6. The summed E-state index contributed by atoms with van der Waals surface area (Å²) in [6.45, 7) is 2.96. The van der Waals surface area contributed by atoms with Crippen LogP contribution in [0.4, 0.5) is 0 Å². The normalized spacial score (nSPS) is 20.3. The molecule has 2 atom stereocenters. The molecule has 2 unspecified atom stereocenters. The van der Waals surface area contributed by atoms with Crippen LogP contribution in [0, 0.1) is 0 Å². The van der Waals surface area contributed by atoms with Crippen LogP contribution in [-0.2, 0) is 9.47 Å². The average Bonchev–Trinajstić information content (AvgIpc) is 2.30. The molecule has 1 heterocycles. The third-order valence-corrected chi connectivity index (χ3v) is 2.79. The molecule has 4 nitrogen and oxygen atoms in total. The molecule has 0 aliphatic carbocycles. The molecule has 0 radical (unpaired) electrons. The highest BCUT2D eigenvalue weighted by Crippen LogP contribution is 2.20. The Bertz CT molecular complexity index is 207. The van der Waals surface area contributed by atoms with Crippen molar-refractivity contribution in [3.05, 3.63) is 11.8 Å². The van der Waals surface area contributed by atoms with E-state index in [1.165, 1.54) is 5.57 Å². The summed E-state index contributed by atoms with van der Waals surface area (Å²) in [6.07, 6.45) is 6.15. The summed E-state index contributed by atoms with van der Waals surface area (Å²) >= 11 is 0. The van der Waals surface area contributed by atoms with Gasteiger partial charge in [0.2, 0.25) is 0 Å². The molecule has 0 saturated carbocycles. The molecule has 0 saturated heterocycles. The topological polar surface area (TPSA) is 56.5 Å². The van der Waals surface area contributed by atoms with Crippen LogP contribution in [0.3, 0.4) is 0 Å². The van der Waals surface area contributed by atoms with Gasteiger partial charge in [0, 0.05) is 7.11 Å². The largest absolute Gasteiger partial charge is 0.501 e. The van der Waals surface area contributed by atoms with Crippen LogP contribution >= 0.6 is 0 Å². The highest BCUT2D eigenvalue weighted by atomic mass is 16.5. The Labute approximate surface area is 91.8 Å². The lowest BCUT2D eigenvalue weighted by molar-refractivity contribution is 0.0668. The van der Waals surface area contributed by atoms with E-state index in [1.807, 2.05) is 6.26 Å². The number of hydrogen-bond acceptors (Lipinski definition) is 4. The van der Waals surface area contributed by atoms with E-state index in [4.69, 9.17) is 15.3 Å². The first-order valence-corrected chi connectivity index (χ1v) is 5.63. The molecule has 0 fully saturated rings. The van der Waals surface area contributed by atoms with Crippen LogP contribution in [0.5, 0.6) is 0 Å². The fraction of sp³-hybridized carbons (Fsp3) is 0.818. The fourth-order valence-electron chi connectivity index (χ4n) is 1.97. The van der Waals surface area contributed by atoms with Crippen molar-refractivity contribution in [2.75, 3.05) is 13.7 Å². The van der Waals surface area contributed by atoms with Gasteiger partial charge in [0.15, 0.2) is 0 Å². The molecule has 3 N–H and O–H groups in total. The lowest BCUT2D eigenvalue weighted by Crippen LogP contribution is -2.46. The Morgan fingerprint density at radius 1 is 1.67 bits per heavy atom. The smallest absolute Gasteiger partial charge is 0.0876 e. The average molecular weight is 214 g/mol. The van der Waals surface area contributed by atoms with Crippen molar-refractivity contribution in [1.29, 1.82) is 0 Å². The van der Waals surface area contributed by atoms with Crippen molar-refractivity contribution < 1.29 is 9.47 Å². The minimum Gasteiger partial charge on any atom is -0.501 e. The Morgan fingerprint density at radius 2 is 2.47 bits per heavy atom. The zero-order valence-corrected chi connectivity index (χ0v) is 9.66. The second-order valence-electron chi connectivity index (χ2n) is 3.87. The summed E-state index contributed by atoms with van der Waals surface area (Å²) in [6, 6.07) is 0.0789. The van der Waals surface area contributed by atoms with Gasteiger partial charge in [0.1, 0.15) is 0 Å². The monoisotopic (exact) mass is 214 g/mol. The van der Waals surface area contributed by atoms with Crippen LogP contribution in [0.2, 0.25) is 0 Å². The van der Waals surface area contributed by atoms with Gasteiger partial charge in [-0.2, -0.15) is 0 Å². The van der Waals surface area contributed by atoms with Gasteiger partial charge in [-0.3, -0.25) is 11.3 Å².